The van der Waals surface area contributed by atoms with E-state index in [-0.39, 0.29) is 12.2 Å². The van der Waals surface area contributed by atoms with E-state index in [2.05, 4.69) is 37.1 Å². The number of hydrogen-bond donors (Lipinski definition) is 4. The van der Waals surface area contributed by atoms with E-state index in [9.17, 15) is 14.7 Å². The van der Waals surface area contributed by atoms with Crippen molar-refractivity contribution in [3.8, 4) is 23.0 Å². The first-order valence-electron chi connectivity index (χ1n) is 14.4. The Kier molecular flexibility index (Phi) is 11.9. The Balaban J connectivity index is 1.38. The van der Waals surface area contributed by atoms with E-state index in [1.54, 1.807) is 38.3 Å². The molecule has 0 bridgehead atoms. The number of allylic oxidation sites excluding steroid dienone is 1. The lowest BCUT2D eigenvalue weighted by Crippen LogP contribution is -2.45. The van der Waals surface area contributed by atoms with Crippen LogP contribution in [0.5, 0.6) is 23.0 Å². The summed E-state index contributed by atoms with van der Waals surface area (Å²) in [5.74, 6) is 1.23. The van der Waals surface area contributed by atoms with Crippen molar-refractivity contribution in [2.75, 3.05) is 27.4 Å². The van der Waals surface area contributed by atoms with Gasteiger partial charge < -0.3 is 39.4 Å². The van der Waals surface area contributed by atoms with Gasteiger partial charge in [-0.05, 0) is 77.7 Å². The summed E-state index contributed by atoms with van der Waals surface area (Å²) in [6, 6.07) is 15.5. The summed E-state index contributed by atoms with van der Waals surface area (Å²) < 4.78 is 28.7. The highest BCUT2D eigenvalue weighted by Gasteiger charge is 2.32. The number of halogens is 1. The molecule has 0 aromatic heterocycles. The van der Waals surface area contributed by atoms with Crippen LogP contribution in [0, 0.1) is 6.92 Å². The Bertz CT molecular complexity index is 1610. The third kappa shape index (κ3) is 8.70. The third-order valence-corrected chi connectivity index (χ3v) is 7.45. The van der Waals surface area contributed by atoms with Gasteiger partial charge in [0.2, 0.25) is 0 Å². The fourth-order valence-corrected chi connectivity index (χ4v) is 5.19. The zero-order valence-corrected chi connectivity index (χ0v) is 27.8. The van der Waals surface area contributed by atoms with Gasteiger partial charge in [0.05, 0.1) is 43.1 Å². The van der Waals surface area contributed by atoms with Crippen molar-refractivity contribution >= 4 is 34.1 Å². The number of aliphatic hydroxyl groups excluding tert-OH is 1. The molecule has 0 fully saturated rings. The maximum Gasteiger partial charge on any atom is 0.337 e. The number of aliphatic hydroxyl groups is 1. The van der Waals surface area contributed by atoms with Gasteiger partial charge in [-0.2, -0.15) is 5.10 Å². The molecule has 0 saturated carbocycles. The zero-order valence-electron chi connectivity index (χ0n) is 26.2. The number of carbonyl (C=O) groups is 2. The van der Waals surface area contributed by atoms with Crippen LogP contribution in [-0.2, 0) is 16.1 Å². The standard InChI is InChI=1S/C33H37BrN4O8/c1-6-44-26-15-23(30-29(32(40)43-5)20(3)36-33(41)37-30)11-12-25(26)45-18-28(39)38-35-16-22-13-24(34)31(27(14-22)42-4)46-17-21-9-7-19(2)8-10-21/h7-16,28,30,38-39H,6,17-18H2,1-5H3,(H2,36,37,41)/b35-16-/t28-,30-/m1/s1. The SMILES string of the molecule is CCOc1cc([C@H]2NC(=O)NC(C)=C2C(=O)OC)ccc1OC[C@@H](O)N/N=C\c1cc(Br)c(OCc2ccc(C)cc2)c(OC)c1. The van der Waals surface area contributed by atoms with Crippen molar-refractivity contribution in [3.63, 3.8) is 0 Å². The van der Waals surface area contributed by atoms with Crippen LogP contribution < -0.4 is 35.0 Å². The number of hydrazone groups is 1. The van der Waals surface area contributed by atoms with Crippen molar-refractivity contribution in [2.45, 2.75) is 39.6 Å². The van der Waals surface area contributed by atoms with E-state index in [1.165, 1.54) is 18.9 Å². The molecule has 3 aromatic carbocycles. The minimum absolute atomic E-state index is 0.161. The van der Waals surface area contributed by atoms with E-state index in [0.717, 1.165) is 5.56 Å². The quantitative estimate of drug-likeness (QED) is 0.0802. The lowest BCUT2D eigenvalue weighted by atomic mass is 9.95. The molecule has 46 heavy (non-hydrogen) atoms. The topological polar surface area (TPSA) is 149 Å². The summed E-state index contributed by atoms with van der Waals surface area (Å²) in [5, 5.41) is 20.0. The van der Waals surface area contributed by atoms with Crippen LogP contribution in [0.1, 0.15) is 42.1 Å². The predicted molar refractivity (Wildman–Crippen MR) is 175 cm³/mol. The maximum absolute atomic E-state index is 12.5. The molecule has 12 nitrogen and oxygen atoms in total. The highest BCUT2D eigenvalue weighted by molar-refractivity contribution is 9.10. The molecular formula is C33H37BrN4O8. The Morgan fingerprint density at radius 3 is 2.50 bits per heavy atom. The van der Waals surface area contributed by atoms with Gasteiger partial charge in [0.1, 0.15) is 13.2 Å². The zero-order chi connectivity index (χ0) is 33.2. The highest BCUT2D eigenvalue weighted by Crippen LogP contribution is 2.37. The first-order chi connectivity index (χ1) is 22.1. The van der Waals surface area contributed by atoms with Crippen LogP contribution >= 0.6 is 15.9 Å². The number of carbonyl (C=O) groups excluding carboxylic acids is 2. The molecule has 244 valence electrons. The number of ether oxygens (including phenoxy) is 5. The average molecular weight is 698 g/mol. The Morgan fingerprint density at radius 1 is 1.04 bits per heavy atom. The Hall–Kier alpha value is -4.75. The number of nitrogens with zero attached hydrogens (tertiary/aromatic N) is 1. The normalized spacial score (nSPS) is 15.1. The molecule has 0 spiro atoms. The second-order valence-corrected chi connectivity index (χ2v) is 11.1. The molecular weight excluding hydrogens is 660 g/mol. The van der Waals surface area contributed by atoms with E-state index in [1.807, 2.05) is 44.2 Å². The summed E-state index contributed by atoms with van der Waals surface area (Å²) in [6.45, 7) is 6.02. The second-order valence-electron chi connectivity index (χ2n) is 10.2. The Labute approximate surface area is 275 Å². The molecule has 1 aliphatic heterocycles. The number of amides is 2. The van der Waals surface area contributed by atoms with Crippen LogP contribution in [-0.4, -0.2) is 57.0 Å². The van der Waals surface area contributed by atoms with Crippen LogP contribution in [0.3, 0.4) is 0 Å². The van der Waals surface area contributed by atoms with E-state index in [0.29, 0.717) is 57.5 Å². The van der Waals surface area contributed by atoms with E-state index in [4.69, 9.17) is 23.7 Å². The van der Waals surface area contributed by atoms with Gasteiger partial charge in [-0.15, -0.1) is 0 Å². The average Bonchev–Trinajstić information content (AvgIpc) is 3.03. The molecule has 1 heterocycles. The lowest BCUT2D eigenvalue weighted by Gasteiger charge is -2.28. The largest absolute Gasteiger partial charge is 0.493 e. The molecule has 4 N–H and O–H groups in total. The number of nitrogens with one attached hydrogen (secondary N) is 3. The molecule has 3 aromatic rings. The molecule has 0 unspecified atom stereocenters. The summed E-state index contributed by atoms with van der Waals surface area (Å²) in [4.78, 5) is 24.6. The minimum Gasteiger partial charge on any atom is -0.493 e. The maximum atomic E-state index is 12.5. The van der Waals surface area contributed by atoms with Gasteiger partial charge in [0, 0.05) is 5.70 Å². The molecule has 13 heteroatoms. The van der Waals surface area contributed by atoms with Gasteiger partial charge in [0.15, 0.2) is 29.2 Å². The summed E-state index contributed by atoms with van der Waals surface area (Å²) >= 11 is 3.55. The molecule has 2 atom stereocenters. The van der Waals surface area contributed by atoms with Crippen LogP contribution in [0.4, 0.5) is 4.79 Å². The van der Waals surface area contributed by atoms with Crippen LogP contribution in [0.15, 0.2) is 75.4 Å². The number of rotatable bonds is 14. The van der Waals surface area contributed by atoms with Gasteiger partial charge in [-0.1, -0.05) is 35.9 Å². The molecule has 1 aliphatic rings. The van der Waals surface area contributed by atoms with Crippen molar-refractivity contribution in [3.05, 3.63) is 92.6 Å². The molecule has 0 saturated heterocycles. The first kappa shape index (κ1) is 34.1. The monoisotopic (exact) mass is 696 g/mol. The number of hydrogen-bond acceptors (Lipinski definition) is 10. The molecule has 0 radical (unpaired) electrons. The molecule has 2 amide bonds. The fraction of sp³-hybridized carbons (Fsp3) is 0.303. The van der Waals surface area contributed by atoms with Crippen molar-refractivity contribution in [1.29, 1.82) is 0 Å². The first-order valence-corrected chi connectivity index (χ1v) is 15.2. The Morgan fingerprint density at radius 2 is 1.80 bits per heavy atom. The summed E-state index contributed by atoms with van der Waals surface area (Å²) in [6.07, 6.45) is 0.371. The van der Waals surface area contributed by atoms with Crippen LogP contribution in [0.2, 0.25) is 0 Å². The number of esters is 1. The number of aryl methyl sites for hydroxylation is 1. The van der Waals surface area contributed by atoms with E-state index < -0.39 is 24.3 Å². The molecule has 0 aliphatic carbocycles. The van der Waals surface area contributed by atoms with Crippen molar-refractivity contribution < 1.29 is 38.4 Å². The van der Waals surface area contributed by atoms with Crippen molar-refractivity contribution in [1.82, 2.24) is 16.1 Å². The summed E-state index contributed by atoms with van der Waals surface area (Å²) in [5.41, 5.74) is 6.78. The predicted octanol–water partition coefficient (Wildman–Crippen LogP) is 4.87. The number of urea groups is 1. The second kappa shape index (κ2) is 16.0. The minimum atomic E-state index is -1.16. The number of methoxy groups -OCH3 is 2. The van der Waals surface area contributed by atoms with Crippen molar-refractivity contribution in [2.24, 2.45) is 5.10 Å². The van der Waals surface area contributed by atoms with Gasteiger partial charge in [-0.3, -0.25) is 5.43 Å². The molecule has 4 rings (SSSR count). The van der Waals surface area contributed by atoms with Crippen LogP contribution in [0.25, 0.3) is 0 Å². The smallest absolute Gasteiger partial charge is 0.337 e. The highest BCUT2D eigenvalue weighted by atomic mass is 79.9. The third-order valence-electron chi connectivity index (χ3n) is 6.86. The number of benzene rings is 3. The van der Waals surface area contributed by atoms with E-state index >= 15 is 0 Å². The van der Waals surface area contributed by atoms with Gasteiger partial charge in [-0.25, -0.2) is 9.59 Å². The van der Waals surface area contributed by atoms with Gasteiger partial charge in [0.25, 0.3) is 0 Å². The summed E-state index contributed by atoms with van der Waals surface area (Å²) in [7, 11) is 2.83. The van der Waals surface area contributed by atoms with Gasteiger partial charge >= 0.3 is 12.0 Å². The fourth-order valence-electron chi connectivity index (χ4n) is 4.61. The lowest BCUT2D eigenvalue weighted by molar-refractivity contribution is -0.136.